The Kier molecular flexibility index (Phi) is 3.70. The Morgan fingerprint density at radius 1 is 0.889 bits per heavy atom. The van der Waals surface area contributed by atoms with Crippen LogP contribution in [-0.4, -0.2) is 26.0 Å². The molecule has 0 aliphatic heterocycles. The standard InChI is InChI=1S/C20H12N2O5/c23-14-8-4-1-5-10(14)9-13-19(26)21-15-16(22-20(13)27)18(25)12-7-3-2-6-11(12)17(15)24/h1-9,23-24H,(H,21,26)/b13-9-. The van der Waals surface area contributed by atoms with E-state index in [9.17, 15) is 24.6 Å². The highest BCUT2D eigenvalue weighted by Crippen LogP contribution is 2.20. The van der Waals surface area contributed by atoms with Crippen molar-refractivity contribution in [2.45, 2.75) is 0 Å². The van der Waals surface area contributed by atoms with E-state index in [1.165, 1.54) is 30.3 Å². The van der Waals surface area contributed by atoms with Crippen molar-refractivity contribution in [3.8, 4) is 5.75 Å². The molecule has 27 heavy (non-hydrogen) atoms. The first kappa shape index (κ1) is 16.5. The average molecular weight is 360 g/mol. The molecule has 4 rings (SSSR count). The average Bonchev–Trinajstić information content (AvgIpc) is 2.79. The minimum Gasteiger partial charge on any atom is -0.507 e. The highest BCUT2D eigenvalue weighted by Gasteiger charge is 2.25. The van der Waals surface area contributed by atoms with Crippen LogP contribution in [0.5, 0.6) is 5.75 Å². The van der Waals surface area contributed by atoms with Gasteiger partial charge in [-0.25, -0.2) is 4.98 Å². The van der Waals surface area contributed by atoms with Crippen LogP contribution in [0, 0.1) is 0 Å². The molecule has 0 saturated carbocycles. The van der Waals surface area contributed by atoms with Gasteiger partial charge >= 0.3 is 0 Å². The van der Waals surface area contributed by atoms with Gasteiger partial charge in [-0.05, 0) is 12.1 Å². The van der Waals surface area contributed by atoms with Crippen molar-refractivity contribution in [1.82, 2.24) is 9.97 Å². The van der Waals surface area contributed by atoms with Gasteiger partial charge in [-0.2, -0.15) is 0 Å². The van der Waals surface area contributed by atoms with Crippen molar-refractivity contribution in [2.24, 2.45) is 0 Å². The second-order valence-electron chi connectivity index (χ2n) is 5.93. The molecule has 1 aliphatic rings. The molecular weight excluding hydrogens is 348 g/mol. The van der Waals surface area contributed by atoms with Gasteiger partial charge in [0, 0.05) is 16.7 Å². The van der Waals surface area contributed by atoms with Gasteiger partial charge in [0.15, 0.2) is 0 Å². The quantitative estimate of drug-likeness (QED) is 0.558. The van der Waals surface area contributed by atoms with E-state index < -0.39 is 16.9 Å². The van der Waals surface area contributed by atoms with Crippen LogP contribution in [0.25, 0.3) is 11.8 Å². The van der Waals surface area contributed by atoms with Crippen LogP contribution in [-0.2, 0) is 0 Å². The van der Waals surface area contributed by atoms with Gasteiger partial charge < -0.3 is 15.2 Å². The molecule has 3 aromatic rings. The first-order chi connectivity index (χ1) is 13.0. The number of nitrogens with zero attached hydrogens (tertiary/aromatic N) is 1. The maximum Gasteiger partial charge on any atom is 0.283 e. The molecule has 0 unspecified atom stereocenters. The minimum absolute atomic E-state index is 0.120. The summed E-state index contributed by atoms with van der Waals surface area (Å²) in [5, 5.41) is 19.8. The topological polar surface area (TPSA) is 120 Å². The minimum atomic E-state index is -0.943. The lowest BCUT2D eigenvalue weighted by atomic mass is 9.95. The fraction of sp³-hybridized carbons (Fsp3) is 0. The van der Waals surface area contributed by atoms with Crippen LogP contribution in [0.3, 0.4) is 0 Å². The third-order valence-corrected chi connectivity index (χ3v) is 4.28. The number of hydrogen-bond acceptors (Lipinski definition) is 6. The number of aliphatic hydroxyl groups excluding tert-OH is 1. The number of aromatic nitrogens is 2. The predicted octanol–water partition coefficient (Wildman–Crippen LogP) is -0.0766. The summed E-state index contributed by atoms with van der Waals surface area (Å²) >= 11 is 0. The van der Waals surface area contributed by atoms with E-state index in [0.717, 1.165) is 0 Å². The highest BCUT2D eigenvalue weighted by molar-refractivity contribution is 6.12. The maximum absolute atomic E-state index is 12.7. The van der Waals surface area contributed by atoms with E-state index in [1.807, 2.05) is 0 Å². The lowest BCUT2D eigenvalue weighted by molar-refractivity contribution is 0.103. The Morgan fingerprint density at radius 2 is 1.56 bits per heavy atom. The molecule has 1 aromatic heterocycles. The third kappa shape index (κ3) is 2.62. The molecule has 7 nitrogen and oxygen atoms in total. The van der Waals surface area contributed by atoms with Crippen LogP contribution in [0.1, 0.15) is 27.2 Å². The van der Waals surface area contributed by atoms with Gasteiger partial charge in [-0.3, -0.25) is 14.4 Å². The molecule has 132 valence electrons. The monoisotopic (exact) mass is 360 g/mol. The fourth-order valence-corrected chi connectivity index (χ4v) is 2.93. The van der Waals surface area contributed by atoms with Crippen LogP contribution >= 0.6 is 0 Å². The summed E-state index contributed by atoms with van der Waals surface area (Å²) in [7, 11) is 0. The van der Waals surface area contributed by atoms with Gasteiger partial charge in [-0.1, -0.05) is 42.5 Å². The highest BCUT2D eigenvalue weighted by atomic mass is 16.3. The normalized spacial score (nSPS) is 13.3. The Morgan fingerprint density at radius 3 is 2.30 bits per heavy atom. The summed E-state index contributed by atoms with van der Waals surface area (Å²) in [4.78, 5) is 43.9. The summed E-state index contributed by atoms with van der Waals surface area (Å²) in [5.74, 6) is -1.03. The van der Waals surface area contributed by atoms with E-state index in [0.29, 0.717) is 0 Å². The third-order valence-electron chi connectivity index (χ3n) is 4.28. The number of hydrogen-bond donors (Lipinski definition) is 3. The van der Waals surface area contributed by atoms with Crippen molar-refractivity contribution in [3.05, 3.63) is 102 Å². The number of aliphatic hydroxyl groups is 1. The summed E-state index contributed by atoms with van der Waals surface area (Å²) in [5.41, 5.74) is -1.43. The smallest absolute Gasteiger partial charge is 0.283 e. The van der Waals surface area contributed by atoms with Crippen molar-refractivity contribution in [1.29, 1.82) is 0 Å². The molecule has 1 aliphatic carbocycles. The number of nitrogens with one attached hydrogen (secondary N) is 1. The molecule has 0 amide bonds. The number of H-pyrrole nitrogens is 1. The van der Waals surface area contributed by atoms with Gasteiger partial charge in [0.1, 0.15) is 27.8 Å². The van der Waals surface area contributed by atoms with Gasteiger partial charge in [0.05, 0.1) is 0 Å². The van der Waals surface area contributed by atoms with Gasteiger partial charge in [0.25, 0.3) is 11.1 Å². The molecule has 2 aromatic carbocycles. The van der Waals surface area contributed by atoms with Gasteiger partial charge in [-0.15, -0.1) is 0 Å². The Labute approximate surface area is 151 Å². The number of phenols is 1. The van der Waals surface area contributed by atoms with E-state index in [1.54, 1.807) is 24.3 Å². The van der Waals surface area contributed by atoms with E-state index in [2.05, 4.69) is 9.97 Å². The lowest BCUT2D eigenvalue weighted by Gasteiger charge is -2.12. The predicted molar refractivity (Wildman–Crippen MR) is 97.1 cm³/mol. The van der Waals surface area contributed by atoms with Crippen molar-refractivity contribution in [3.63, 3.8) is 0 Å². The van der Waals surface area contributed by atoms with E-state index >= 15 is 0 Å². The summed E-state index contributed by atoms with van der Waals surface area (Å²) in [6.07, 6.45) is 1.18. The van der Waals surface area contributed by atoms with Crippen LogP contribution in [0.15, 0.2) is 58.1 Å². The summed E-state index contributed by atoms with van der Waals surface area (Å²) in [6.45, 7) is 0. The molecule has 0 atom stereocenters. The number of phenolic OH excluding ortho intramolecular Hbond substituents is 1. The SMILES string of the molecule is O=C1c2ccccc2C(O)=c2[nH]c(=O)/c(=C/c3ccccc3O)c(=O)nc21. The zero-order chi connectivity index (χ0) is 19.1. The zero-order valence-electron chi connectivity index (χ0n) is 13.8. The van der Waals surface area contributed by atoms with Crippen molar-refractivity contribution >= 4 is 17.6 Å². The fourth-order valence-electron chi connectivity index (χ4n) is 2.93. The number of ketones is 1. The summed E-state index contributed by atoms with van der Waals surface area (Å²) < 4.78 is 0. The molecule has 0 spiro atoms. The first-order valence-corrected chi connectivity index (χ1v) is 7.99. The van der Waals surface area contributed by atoms with Crippen LogP contribution in [0.2, 0.25) is 0 Å². The number of para-hydroxylation sites is 1. The number of rotatable bonds is 1. The molecule has 7 heteroatoms. The Hall–Kier alpha value is -4.00. The first-order valence-electron chi connectivity index (χ1n) is 7.99. The second kappa shape index (κ2) is 6.06. The van der Waals surface area contributed by atoms with Crippen molar-refractivity contribution < 1.29 is 15.0 Å². The molecule has 0 fully saturated rings. The Balaban J connectivity index is 2.13. The molecule has 0 bridgehead atoms. The zero-order valence-corrected chi connectivity index (χ0v) is 13.8. The second-order valence-corrected chi connectivity index (χ2v) is 5.93. The van der Waals surface area contributed by atoms with E-state index in [4.69, 9.17) is 0 Å². The van der Waals surface area contributed by atoms with E-state index in [-0.39, 0.29) is 44.5 Å². The van der Waals surface area contributed by atoms with Crippen LogP contribution in [0.4, 0.5) is 0 Å². The number of aromatic amines is 1. The van der Waals surface area contributed by atoms with Crippen LogP contribution < -0.4 is 21.7 Å². The molecule has 0 saturated heterocycles. The number of benzene rings is 2. The number of carbonyl (C=O) groups excluding carboxylic acids is 1. The Bertz CT molecular complexity index is 1360. The molecule has 1 heterocycles. The number of aromatic hydroxyl groups is 1. The summed E-state index contributed by atoms with van der Waals surface area (Å²) in [6, 6.07) is 12.4. The number of carbonyl (C=O) groups is 1. The van der Waals surface area contributed by atoms with Gasteiger partial charge in [0.2, 0.25) is 5.78 Å². The lowest BCUT2D eigenvalue weighted by Crippen LogP contribution is -2.39. The molecule has 3 N–H and O–H groups in total. The number of fused-ring (bicyclic) bond motifs is 2. The largest absolute Gasteiger partial charge is 0.507 e. The molecule has 0 radical (unpaired) electrons. The molecular formula is C20H12N2O5. The maximum atomic E-state index is 12.7. The van der Waals surface area contributed by atoms with Crippen molar-refractivity contribution in [2.75, 3.05) is 0 Å².